The Labute approximate surface area is 355 Å². The maximum absolute atomic E-state index is 12.7. The predicted molar refractivity (Wildman–Crippen MR) is 219 cm³/mol. The van der Waals surface area contributed by atoms with Crippen molar-refractivity contribution in [1.82, 2.24) is 9.80 Å². The van der Waals surface area contributed by atoms with Gasteiger partial charge >= 0.3 is 48.3 Å². The third kappa shape index (κ3) is 24.1. The number of esters is 4. The molecular weight excluding hydrogens is 788 g/mol. The van der Waals surface area contributed by atoms with Gasteiger partial charge in [0, 0.05) is 11.1 Å². The number of nitrogens with zero attached hydrogens (tertiary/aromatic N) is 2. The second kappa shape index (κ2) is 25.5. The maximum atomic E-state index is 12.7. The first-order chi connectivity index (χ1) is 27.2. The summed E-state index contributed by atoms with van der Waals surface area (Å²) in [6, 6.07) is -2.60. The summed E-state index contributed by atoms with van der Waals surface area (Å²) in [5, 5.41) is 0. The zero-order valence-electron chi connectivity index (χ0n) is 39.0. The minimum atomic E-state index is -1.30. The van der Waals surface area contributed by atoms with Crippen molar-refractivity contribution >= 4 is 48.3 Å². The molecule has 0 radical (unpaired) electrons. The molecule has 0 N–H and O–H groups in total. The van der Waals surface area contributed by atoms with Gasteiger partial charge in [-0.3, -0.25) is 0 Å². The molecule has 0 aromatic carbocycles. The second-order valence-electron chi connectivity index (χ2n) is 17.1. The topological polar surface area (TPSA) is 217 Å². The summed E-state index contributed by atoms with van der Waals surface area (Å²) in [5.41, 5.74) is -2.92. The molecule has 18 nitrogen and oxygen atoms in total. The minimum Gasteiger partial charge on any atom is -0.467 e. The van der Waals surface area contributed by atoms with Gasteiger partial charge in [0.1, 0.15) is 34.5 Å². The van der Waals surface area contributed by atoms with Crippen LogP contribution in [-0.2, 0) is 57.1 Å². The highest BCUT2D eigenvalue weighted by molar-refractivity contribution is 5.95. The van der Waals surface area contributed by atoms with Gasteiger partial charge in [-0.15, -0.1) is 0 Å². The average Bonchev–Trinajstić information content (AvgIpc) is 3.07. The van der Waals surface area contributed by atoms with Crippen molar-refractivity contribution in [3.05, 3.63) is 23.3 Å². The molecule has 0 saturated carbocycles. The van der Waals surface area contributed by atoms with Gasteiger partial charge in [-0.1, -0.05) is 12.2 Å². The predicted octanol–water partition coefficient (Wildman–Crippen LogP) is 7.98. The van der Waals surface area contributed by atoms with Crippen molar-refractivity contribution in [2.75, 3.05) is 27.4 Å². The van der Waals surface area contributed by atoms with Gasteiger partial charge in [-0.25, -0.2) is 38.4 Å². The van der Waals surface area contributed by atoms with Crippen molar-refractivity contribution in [2.45, 2.75) is 171 Å². The van der Waals surface area contributed by atoms with Crippen LogP contribution >= 0.6 is 0 Å². The van der Waals surface area contributed by atoms with Crippen molar-refractivity contribution in [3.63, 3.8) is 0 Å². The molecule has 0 aromatic rings. The van der Waals surface area contributed by atoms with E-state index in [0.29, 0.717) is 20.9 Å². The lowest BCUT2D eigenvalue weighted by molar-refractivity contribution is -0.147. The molecule has 0 bridgehead atoms. The first-order valence-corrected chi connectivity index (χ1v) is 19.6. The fraction of sp³-hybridized carbons (Fsp3) is 0.714. The van der Waals surface area contributed by atoms with Crippen LogP contribution in [0.2, 0.25) is 0 Å². The zero-order chi connectivity index (χ0) is 47.4. The molecule has 344 valence electrons. The number of hydrogen-bond donors (Lipinski definition) is 0. The molecule has 0 fully saturated rings. The standard InChI is InChI=1S/2C21H35NO8/c2*1-10-28-16(23)14(2)12-11-13-15(17(24)27-9)22(18(25)29-20(3,4)5)19(26)30-21(6,7)8/h2*12,15H,10-11,13H2,1-9H3/b14-12+;14-12-/t2*15-/m01/s1. The summed E-state index contributed by atoms with van der Waals surface area (Å²) in [6.07, 6.45) is -0.580. The summed E-state index contributed by atoms with van der Waals surface area (Å²) in [7, 11) is 2.30. The molecule has 0 unspecified atom stereocenters. The third-order valence-corrected chi connectivity index (χ3v) is 6.91. The Morgan fingerprint density at radius 1 is 0.467 bits per heavy atom. The molecule has 18 heteroatoms. The molecule has 0 heterocycles. The molecule has 0 aliphatic heterocycles. The van der Waals surface area contributed by atoms with E-state index >= 15 is 0 Å². The van der Waals surface area contributed by atoms with E-state index in [1.54, 1.807) is 123 Å². The summed E-state index contributed by atoms with van der Waals surface area (Å²) in [4.78, 5) is 101. The zero-order valence-corrected chi connectivity index (χ0v) is 39.0. The number of imide groups is 2. The number of methoxy groups -OCH3 is 2. The molecule has 0 saturated heterocycles. The Balaban J connectivity index is 0. The smallest absolute Gasteiger partial charge is 0.420 e. The SMILES string of the molecule is CCOC(=O)/C(C)=C/CC[C@@H](C(=O)OC)N(C(=O)OC(C)(C)C)C(=O)OC(C)(C)C.CCOC(=O)/C(C)=C\CC[C@H](C(=O)OC)N(C(=O)OC(C)(C)C)C(=O)OC(C)(C)C. The number of carbonyl (C=O) groups excluding carboxylic acids is 8. The number of ether oxygens (including phenoxy) is 8. The molecule has 0 aliphatic carbocycles. The fourth-order valence-corrected chi connectivity index (χ4v) is 4.45. The van der Waals surface area contributed by atoms with Gasteiger partial charge in [0.25, 0.3) is 0 Å². The number of amides is 4. The average molecular weight is 859 g/mol. The van der Waals surface area contributed by atoms with Crippen molar-refractivity contribution < 1.29 is 76.3 Å². The van der Waals surface area contributed by atoms with Crippen LogP contribution in [0.15, 0.2) is 23.3 Å². The van der Waals surface area contributed by atoms with Crippen molar-refractivity contribution in [1.29, 1.82) is 0 Å². The quantitative estimate of drug-likeness (QED) is 0.0919. The Bertz CT molecular complexity index is 1370. The van der Waals surface area contributed by atoms with Crippen LogP contribution in [0.1, 0.15) is 136 Å². The lowest BCUT2D eigenvalue weighted by Gasteiger charge is -2.32. The molecular formula is C42H70N2O16. The first-order valence-electron chi connectivity index (χ1n) is 19.6. The molecule has 0 aliphatic rings. The van der Waals surface area contributed by atoms with Crippen LogP contribution in [-0.4, -0.2) is 120 Å². The van der Waals surface area contributed by atoms with Crippen molar-refractivity contribution in [3.8, 4) is 0 Å². The maximum Gasteiger partial charge on any atom is 0.420 e. The van der Waals surface area contributed by atoms with E-state index in [1.807, 2.05) is 0 Å². The highest BCUT2D eigenvalue weighted by atomic mass is 16.6. The Morgan fingerprint density at radius 2 is 0.700 bits per heavy atom. The van der Waals surface area contributed by atoms with Crippen LogP contribution in [0.5, 0.6) is 0 Å². The van der Waals surface area contributed by atoms with Crippen LogP contribution < -0.4 is 0 Å². The number of hydrogen-bond acceptors (Lipinski definition) is 16. The van der Waals surface area contributed by atoms with Gasteiger partial charge in [-0.05, 0) is 136 Å². The summed E-state index contributed by atoms with van der Waals surface area (Å²) >= 11 is 0. The van der Waals surface area contributed by atoms with E-state index in [0.717, 1.165) is 14.2 Å². The van der Waals surface area contributed by atoms with E-state index in [-0.39, 0.29) is 38.9 Å². The lowest BCUT2D eigenvalue weighted by Crippen LogP contribution is -2.52. The van der Waals surface area contributed by atoms with Gasteiger partial charge in [0.05, 0.1) is 27.4 Å². The lowest BCUT2D eigenvalue weighted by atomic mass is 10.1. The molecule has 0 aromatic heterocycles. The van der Waals surface area contributed by atoms with Crippen LogP contribution in [0.25, 0.3) is 0 Å². The molecule has 4 amide bonds. The van der Waals surface area contributed by atoms with Crippen molar-refractivity contribution in [2.24, 2.45) is 0 Å². The Kier molecular flexibility index (Phi) is 24.2. The van der Waals surface area contributed by atoms with E-state index < -0.39 is 82.7 Å². The van der Waals surface area contributed by atoms with Gasteiger partial charge in [0.15, 0.2) is 0 Å². The monoisotopic (exact) mass is 858 g/mol. The highest BCUT2D eigenvalue weighted by Gasteiger charge is 2.42. The Morgan fingerprint density at radius 3 is 0.883 bits per heavy atom. The summed E-state index contributed by atoms with van der Waals surface area (Å²) in [5.74, 6) is -2.59. The molecule has 0 rings (SSSR count). The normalized spacial score (nSPS) is 13.2. The van der Waals surface area contributed by atoms with Gasteiger partial charge in [-0.2, -0.15) is 9.80 Å². The van der Waals surface area contributed by atoms with E-state index in [4.69, 9.17) is 37.9 Å². The number of carbonyl (C=O) groups is 8. The number of rotatable bonds is 14. The van der Waals surface area contributed by atoms with E-state index in [2.05, 4.69) is 0 Å². The second-order valence-corrected chi connectivity index (χ2v) is 17.1. The van der Waals surface area contributed by atoms with E-state index in [9.17, 15) is 38.4 Å². The van der Waals surface area contributed by atoms with Crippen LogP contribution in [0.4, 0.5) is 19.2 Å². The molecule has 2 atom stereocenters. The Hall–Kier alpha value is -5.16. The van der Waals surface area contributed by atoms with Gasteiger partial charge < -0.3 is 37.9 Å². The van der Waals surface area contributed by atoms with Crippen LogP contribution in [0.3, 0.4) is 0 Å². The molecule has 60 heavy (non-hydrogen) atoms. The highest BCUT2D eigenvalue weighted by Crippen LogP contribution is 2.22. The van der Waals surface area contributed by atoms with Crippen LogP contribution in [0, 0.1) is 0 Å². The first kappa shape index (κ1) is 56.9. The largest absolute Gasteiger partial charge is 0.467 e. The summed E-state index contributed by atoms with van der Waals surface area (Å²) in [6.45, 7) is 26.6. The van der Waals surface area contributed by atoms with Gasteiger partial charge in [0.2, 0.25) is 0 Å². The summed E-state index contributed by atoms with van der Waals surface area (Å²) < 4.78 is 40.6. The number of allylic oxidation sites excluding steroid dienone is 2. The minimum absolute atomic E-state index is 0.00189. The molecule has 0 spiro atoms. The van der Waals surface area contributed by atoms with E-state index in [1.165, 1.54) is 0 Å². The third-order valence-electron chi connectivity index (χ3n) is 6.91. The fourth-order valence-electron chi connectivity index (χ4n) is 4.45.